The molecule has 1 saturated carbocycles. The minimum absolute atomic E-state index is 0.0826. The van der Waals surface area contributed by atoms with Crippen molar-refractivity contribution in [1.29, 1.82) is 0 Å². The van der Waals surface area contributed by atoms with Gasteiger partial charge in [-0.25, -0.2) is 4.98 Å². The molecule has 0 spiro atoms. The van der Waals surface area contributed by atoms with Crippen molar-refractivity contribution in [2.24, 2.45) is 0 Å². The second-order valence-electron chi connectivity index (χ2n) is 9.12. The van der Waals surface area contributed by atoms with Gasteiger partial charge >= 0.3 is 0 Å². The first-order valence-electron chi connectivity index (χ1n) is 12.3. The van der Waals surface area contributed by atoms with E-state index in [1.54, 1.807) is 22.5 Å². The topological polar surface area (TPSA) is 75.4 Å². The molecule has 2 amide bonds. The first-order valence-corrected chi connectivity index (χ1v) is 14.0. The lowest BCUT2D eigenvalue weighted by Gasteiger charge is -2.45. The van der Waals surface area contributed by atoms with Gasteiger partial charge < -0.3 is 14.6 Å². The lowest BCUT2D eigenvalue weighted by atomic mass is 9.79. The smallest absolute Gasteiger partial charge is 0.250 e. The fraction of sp³-hybridized carbons (Fsp3) is 0.321. The summed E-state index contributed by atoms with van der Waals surface area (Å²) in [6.07, 6.45) is 5.69. The van der Waals surface area contributed by atoms with E-state index in [1.807, 2.05) is 73.7 Å². The van der Waals surface area contributed by atoms with Crippen molar-refractivity contribution >= 4 is 50.8 Å². The minimum atomic E-state index is -0.944. The Morgan fingerprint density at radius 2 is 1.81 bits per heavy atom. The minimum Gasteiger partial charge on any atom is -0.467 e. The van der Waals surface area contributed by atoms with Gasteiger partial charge in [-0.3, -0.25) is 9.59 Å². The molecule has 1 aliphatic carbocycles. The van der Waals surface area contributed by atoms with E-state index in [0.717, 1.165) is 39.5 Å². The third-order valence-electron chi connectivity index (χ3n) is 6.71. The van der Waals surface area contributed by atoms with Gasteiger partial charge in [0, 0.05) is 5.69 Å². The Labute approximate surface area is 219 Å². The fourth-order valence-electron chi connectivity index (χ4n) is 4.85. The molecule has 0 radical (unpaired) electrons. The molecule has 1 unspecified atom stereocenters. The van der Waals surface area contributed by atoms with Gasteiger partial charge in [0.2, 0.25) is 11.8 Å². The maximum Gasteiger partial charge on any atom is 0.250 e. The molecule has 0 bridgehead atoms. The number of rotatable bonds is 8. The van der Waals surface area contributed by atoms with Crippen LogP contribution in [-0.4, -0.2) is 32.5 Å². The Morgan fingerprint density at radius 3 is 2.53 bits per heavy atom. The van der Waals surface area contributed by atoms with E-state index >= 15 is 0 Å². The van der Waals surface area contributed by atoms with Gasteiger partial charge in [-0.1, -0.05) is 61.4 Å². The zero-order chi connectivity index (χ0) is 25.0. The summed E-state index contributed by atoms with van der Waals surface area (Å²) in [5, 5.41) is 2.68. The van der Waals surface area contributed by atoms with Crippen LogP contribution in [0.4, 0.5) is 5.69 Å². The number of carbonyl (C=O) groups excluding carboxylic acids is 2. The summed E-state index contributed by atoms with van der Waals surface area (Å²) in [4.78, 5) is 34.5. The standard InChI is InChI=1S/C28H29N3O3S2/c1-20(35-27-30-23-14-6-7-15-24(23)36-27)25(32)31(19-22-13-10-18-34-22)28(16-8-3-9-17-28)26(33)29-21-11-4-2-5-12-21/h2,4-7,10-15,18,20H,3,8-9,16-17,19H2,1H3,(H,29,33). The number of fused-ring (bicyclic) bond motifs is 1. The molecular weight excluding hydrogens is 490 g/mol. The Kier molecular flexibility index (Phi) is 7.43. The van der Waals surface area contributed by atoms with Crippen molar-refractivity contribution in [3.63, 3.8) is 0 Å². The van der Waals surface area contributed by atoms with Crippen LogP contribution in [0.25, 0.3) is 10.2 Å². The summed E-state index contributed by atoms with van der Waals surface area (Å²) in [6, 6.07) is 21.1. The Bertz CT molecular complexity index is 1280. The molecular formula is C28H29N3O3S2. The number of hydrogen-bond donors (Lipinski definition) is 1. The van der Waals surface area contributed by atoms with Crippen molar-refractivity contribution in [2.75, 3.05) is 5.32 Å². The number of anilines is 1. The molecule has 2 aromatic heterocycles. The lowest BCUT2D eigenvalue weighted by molar-refractivity contribution is -0.148. The van der Waals surface area contributed by atoms with Crippen molar-refractivity contribution in [1.82, 2.24) is 9.88 Å². The summed E-state index contributed by atoms with van der Waals surface area (Å²) in [7, 11) is 0. The molecule has 186 valence electrons. The molecule has 1 aliphatic rings. The monoisotopic (exact) mass is 519 g/mol. The van der Waals surface area contributed by atoms with E-state index in [-0.39, 0.29) is 18.4 Å². The second-order valence-corrected chi connectivity index (χ2v) is 11.7. The highest BCUT2D eigenvalue weighted by Gasteiger charge is 2.48. The zero-order valence-corrected chi connectivity index (χ0v) is 21.8. The number of nitrogens with one attached hydrogen (secondary N) is 1. The van der Waals surface area contributed by atoms with Crippen LogP contribution in [0, 0.1) is 0 Å². The van der Waals surface area contributed by atoms with Crippen molar-refractivity contribution in [3.8, 4) is 0 Å². The Balaban J connectivity index is 1.45. The first kappa shape index (κ1) is 24.6. The molecule has 36 heavy (non-hydrogen) atoms. The molecule has 6 nitrogen and oxygen atoms in total. The van der Waals surface area contributed by atoms with Crippen LogP contribution in [0.5, 0.6) is 0 Å². The number of furan rings is 1. The van der Waals surface area contributed by atoms with Crippen molar-refractivity contribution in [3.05, 3.63) is 78.8 Å². The van der Waals surface area contributed by atoms with Crippen molar-refractivity contribution in [2.45, 2.75) is 60.7 Å². The van der Waals surface area contributed by atoms with Crippen LogP contribution in [-0.2, 0) is 16.1 Å². The molecule has 5 rings (SSSR count). The summed E-state index contributed by atoms with van der Waals surface area (Å²) in [5.41, 5.74) is 0.721. The van der Waals surface area contributed by atoms with Gasteiger partial charge in [-0.2, -0.15) is 0 Å². The van der Waals surface area contributed by atoms with Crippen molar-refractivity contribution < 1.29 is 14.0 Å². The van der Waals surface area contributed by atoms with Gasteiger partial charge in [0.25, 0.3) is 0 Å². The highest BCUT2D eigenvalue weighted by atomic mass is 32.2. The number of hydrogen-bond acceptors (Lipinski definition) is 6. The number of thiazole rings is 1. The number of carbonyl (C=O) groups is 2. The maximum atomic E-state index is 14.1. The molecule has 1 fully saturated rings. The average Bonchev–Trinajstić information content (AvgIpc) is 3.57. The summed E-state index contributed by atoms with van der Waals surface area (Å²) >= 11 is 3.04. The summed E-state index contributed by atoms with van der Waals surface area (Å²) in [5.74, 6) is 0.448. The normalized spacial score (nSPS) is 15.9. The highest BCUT2D eigenvalue weighted by molar-refractivity contribution is 8.02. The predicted octanol–water partition coefficient (Wildman–Crippen LogP) is 6.74. The van der Waals surface area contributed by atoms with Gasteiger partial charge in [-0.05, 0) is 56.2 Å². The predicted molar refractivity (Wildman–Crippen MR) is 145 cm³/mol. The maximum absolute atomic E-state index is 14.1. The molecule has 2 aromatic carbocycles. The van der Waals surface area contributed by atoms with E-state index < -0.39 is 10.8 Å². The lowest BCUT2D eigenvalue weighted by Crippen LogP contribution is -2.60. The second kappa shape index (κ2) is 10.9. The molecule has 4 aromatic rings. The summed E-state index contributed by atoms with van der Waals surface area (Å²) in [6.45, 7) is 2.15. The summed E-state index contributed by atoms with van der Waals surface area (Å²) < 4.78 is 7.59. The Morgan fingerprint density at radius 1 is 1.06 bits per heavy atom. The number of nitrogens with zero attached hydrogens (tertiary/aromatic N) is 2. The van der Waals surface area contributed by atoms with Gasteiger partial charge in [0.05, 0.1) is 28.3 Å². The van der Waals surface area contributed by atoms with E-state index in [1.165, 1.54) is 11.8 Å². The quantitative estimate of drug-likeness (QED) is 0.261. The molecule has 2 heterocycles. The largest absolute Gasteiger partial charge is 0.467 e. The molecule has 1 N–H and O–H groups in total. The average molecular weight is 520 g/mol. The van der Waals surface area contributed by atoms with Crippen LogP contribution in [0.2, 0.25) is 0 Å². The van der Waals surface area contributed by atoms with Crippen LogP contribution in [0.3, 0.4) is 0 Å². The number of benzene rings is 2. The molecule has 0 saturated heterocycles. The molecule has 0 aliphatic heterocycles. The first-order chi connectivity index (χ1) is 17.5. The van der Waals surface area contributed by atoms with Crippen LogP contribution in [0.1, 0.15) is 44.8 Å². The third-order valence-corrected chi connectivity index (χ3v) is 8.93. The number of para-hydroxylation sites is 2. The zero-order valence-electron chi connectivity index (χ0n) is 20.2. The van der Waals surface area contributed by atoms with Crippen LogP contribution < -0.4 is 5.32 Å². The van der Waals surface area contributed by atoms with Gasteiger partial charge in [0.1, 0.15) is 11.3 Å². The number of amides is 2. The number of aromatic nitrogens is 1. The molecule has 1 atom stereocenters. The van der Waals surface area contributed by atoms with E-state index in [2.05, 4.69) is 5.32 Å². The SMILES string of the molecule is CC(Sc1nc2ccccc2s1)C(=O)N(Cc1ccco1)C1(C(=O)Nc2ccccc2)CCCCC1. The van der Waals surface area contributed by atoms with E-state index in [4.69, 9.17) is 9.40 Å². The number of thioether (sulfide) groups is 1. The molecule has 8 heteroatoms. The van der Waals surface area contributed by atoms with E-state index in [9.17, 15) is 9.59 Å². The van der Waals surface area contributed by atoms with Crippen LogP contribution >= 0.6 is 23.1 Å². The van der Waals surface area contributed by atoms with Gasteiger partial charge in [0.15, 0.2) is 4.34 Å². The third kappa shape index (κ3) is 5.20. The fourth-order valence-corrected chi connectivity index (χ4v) is 7.12. The Hall–Kier alpha value is -3.10. The van der Waals surface area contributed by atoms with E-state index in [0.29, 0.717) is 18.6 Å². The van der Waals surface area contributed by atoms with Crippen LogP contribution in [0.15, 0.2) is 81.8 Å². The highest BCUT2D eigenvalue weighted by Crippen LogP contribution is 2.39. The van der Waals surface area contributed by atoms with Gasteiger partial charge in [-0.15, -0.1) is 11.3 Å².